The summed E-state index contributed by atoms with van der Waals surface area (Å²) >= 11 is 0. The molecule has 1 aliphatic heterocycles. The zero-order chi connectivity index (χ0) is 29.0. The number of benzene rings is 6. The smallest absolute Gasteiger partial charge is 0.150 e. The molecule has 44 heavy (non-hydrogen) atoms. The maximum Gasteiger partial charge on any atom is 0.150 e. The van der Waals surface area contributed by atoms with Crippen molar-refractivity contribution in [3.63, 3.8) is 0 Å². The number of hydrogen-bond donors (Lipinski definition) is 1. The topological polar surface area (TPSA) is 17.6 Å². The number of hydrogen-bond acceptors (Lipinski definition) is 1. The molecule has 1 N–H and O–H groups in total. The minimum atomic E-state index is 0.938. The van der Waals surface area contributed by atoms with Gasteiger partial charge in [-0.25, -0.2) is 4.90 Å². The van der Waals surface area contributed by atoms with E-state index in [0.29, 0.717) is 0 Å². The SMILES string of the molecule is C1=C(c2ccc(-c3ccc4c(c3)[NH+](c3cccc(-c5ccccc5)c3)c3ccccc3-4)cc2)CCc2oc3ccccc3c21. The van der Waals surface area contributed by atoms with Crippen LogP contribution in [0.5, 0.6) is 0 Å². The zero-order valence-corrected chi connectivity index (χ0v) is 24.3. The van der Waals surface area contributed by atoms with Gasteiger partial charge in [0, 0.05) is 46.7 Å². The predicted octanol–water partition coefficient (Wildman–Crippen LogP) is 10.4. The maximum atomic E-state index is 6.13. The van der Waals surface area contributed by atoms with Crippen LogP contribution in [0.3, 0.4) is 0 Å². The van der Waals surface area contributed by atoms with Gasteiger partial charge >= 0.3 is 0 Å². The summed E-state index contributed by atoms with van der Waals surface area (Å²) in [6.07, 6.45) is 4.26. The number of aryl methyl sites for hydroxylation is 1. The van der Waals surface area contributed by atoms with Crippen molar-refractivity contribution >= 4 is 39.7 Å². The molecule has 2 nitrogen and oxygen atoms in total. The van der Waals surface area contributed by atoms with E-state index in [0.717, 1.165) is 24.2 Å². The van der Waals surface area contributed by atoms with Crippen LogP contribution in [0, 0.1) is 0 Å². The molecule has 208 valence electrons. The molecule has 0 spiro atoms. The second kappa shape index (κ2) is 10.1. The number of fused-ring (bicyclic) bond motifs is 6. The van der Waals surface area contributed by atoms with E-state index in [1.54, 1.807) is 0 Å². The van der Waals surface area contributed by atoms with Gasteiger partial charge in [0.1, 0.15) is 28.4 Å². The summed E-state index contributed by atoms with van der Waals surface area (Å²) in [7, 11) is 0. The van der Waals surface area contributed by atoms with Crippen LogP contribution < -0.4 is 4.90 Å². The molecule has 9 rings (SSSR count). The van der Waals surface area contributed by atoms with E-state index in [9.17, 15) is 0 Å². The van der Waals surface area contributed by atoms with Gasteiger partial charge in [0.05, 0.1) is 0 Å². The van der Waals surface area contributed by atoms with Gasteiger partial charge in [-0.1, -0.05) is 103 Å². The second-order valence-corrected chi connectivity index (χ2v) is 11.8. The number of rotatable bonds is 4. The van der Waals surface area contributed by atoms with Crippen molar-refractivity contribution in [3.05, 3.63) is 162 Å². The van der Waals surface area contributed by atoms with Crippen molar-refractivity contribution in [2.45, 2.75) is 12.8 Å². The van der Waals surface area contributed by atoms with E-state index >= 15 is 0 Å². The Balaban J connectivity index is 1.08. The van der Waals surface area contributed by atoms with Crippen molar-refractivity contribution in [2.75, 3.05) is 0 Å². The van der Waals surface area contributed by atoms with Gasteiger partial charge in [0.2, 0.25) is 0 Å². The predicted molar refractivity (Wildman–Crippen MR) is 182 cm³/mol. The number of furan rings is 1. The Bertz CT molecular complexity index is 2220. The molecule has 0 saturated carbocycles. The lowest BCUT2D eigenvalue weighted by Crippen LogP contribution is -2.95. The van der Waals surface area contributed by atoms with E-state index in [4.69, 9.17) is 4.42 Å². The van der Waals surface area contributed by atoms with Gasteiger partial charge in [0.15, 0.2) is 0 Å². The zero-order valence-electron chi connectivity index (χ0n) is 24.3. The van der Waals surface area contributed by atoms with Crippen LogP contribution in [-0.2, 0) is 6.42 Å². The van der Waals surface area contributed by atoms with Crippen LogP contribution in [0.2, 0.25) is 0 Å². The fourth-order valence-corrected chi connectivity index (χ4v) is 7.10. The summed E-state index contributed by atoms with van der Waals surface area (Å²) < 4.78 is 6.13. The molecule has 1 atom stereocenters. The van der Waals surface area contributed by atoms with Crippen LogP contribution in [0.15, 0.2) is 150 Å². The van der Waals surface area contributed by atoms with Crippen molar-refractivity contribution < 1.29 is 9.32 Å². The average molecular weight is 565 g/mol. The summed E-state index contributed by atoms with van der Waals surface area (Å²) in [5.74, 6) is 1.10. The molecule has 2 heteroatoms. The summed E-state index contributed by atoms with van der Waals surface area (Å²) in [6, 6.07) is 52.9. The van der Waals surface area contributed by atoms with E-state index in [1.165, 1.54) is 77.4 Å². The lowest BCUT2D eigenvalue weighted by molar-refractivity contribution is -0.677. The summed E-state index contributed by atoms with van der Waals surface area (Å²) in [6.45, 7) is 0. The Morgan fingerprint density at radius 2 is 1.16 bits per heavy atom. The number of nitrogens with one attached hydrogen (secondary N) is 1. The first kappa shape index (κ1) is 25.1. The molecule has 0 radical (unpaired) electrons. The quantitative estimate of drug-likeness (QED) is 0.225. The second-order valence-electron chi connectivity index (χ2n) is 11.8. The van der Waals surface area contributed by atoms with Crippen LogP contribution in [0.4, 0.5) is 17.1 Å². The van der Waals surface area contributed by atoms with Gasteiger partial charge in [-0.05, 0) is 70.2 Å². The Labute approximate surface area is 257 Å². The normalized spacial score (nSPS) is 15.0. The first-order chi connectivity index (χ1) is 21.8. The van der Waals surface area contributed by atoms with Crippen molar-refractivity contribution in [1.82, 2.24) is 0 Å². The molecule has 0 fully saturated rings. The van der Waals surface area contributed by atoms with Crippen molar-refractivity contribution in [3.8, 4) is 33.4 Å². The largest absolute Gasteiger partial charge is 0.460 e. The molecule has 0 bridgehead atoms. The van der Waals surface area contributed by atoms with E-state index in [1.807, 2.05) is 6.07 Å². The molecule has 0 amide bonds. The highest BCUT2D eigenvalue weighted by Gasteiger charge is 2.33. The molecule has 2 aliphatic rings. The molecular weight excluding hydrogens is 534 g/mol. The molecule has 1 aliphatic carbocycles. The van der Waals surface area contributed by atoms with Crippen molar-refractivity contribution in [1.29, 1.82) is 0 Å². The first-order valence-corrected chi connectivity index (χ1v) is 15.4. The number of allylic oxidation sites excluding steroid dienone is 1. The Hall–Kier alpha value is -5.44. The van der Waals surface area contributed by atoms with Crippen LogP contribution in [-0.4, -0.2) is 0 Å². The summed E-state index contributed by atoms with van der Waals surface area (Å²) in [5.41, 5.74) is 16.3. The van der Waals surface area contributed by atoms with Crippen LogP contribution >= 0.6 is 0 Å². The standard InChI is InChI=1S/C42H29NO/c1-2-9-28(10-3-1)31-11-8-12-34(25-31)43-39-15-6-4-13-35(39)36-23-21-33(27-40(36)43)30-19-17-29(18-20-30)32-22-24-42-38(26-32)37-14-5-7-16-41(37)44-42/h1-21,23,25-27H,22,24H2/p+1. The monoisotopic (exact) mass is 564 g/mol. The molecule has 0 saturated heterocycles. The van der Waals surface area contributed by atoms with Gasteiger partial charge in [-0.2, -0.15) is 0 Å². The third kappa shape index (κ3) is 4.07. The minimum Gasteiger partial charge on any atom is -0.460 e. The van der Waals surface area contributed by atoms with Crippen LogP contribution in [0.1, 0.15) is 23.3 Å². The molecule has 1 aromatic heterocycles. The van der Waals surface area contributed by atoms with E-state index in [-0.39, 0.29) is 0 Å². The third-order valence-corrected chi connectivity index (χ3v) is 9.27. The summed E-state index contributed by atoms with van der Waals surface area (Å²) in [5, 5.41) is 1.21. The molecular formula is C42H30NO+. The fraction of sp³-hybridized carbons (Fsp3) is 0.0476. The molecule has 1 unspecified atom stereocenters. The van der Waals surface area contributed by atoms with Gasteiger partial charge in [0.25, 0.3) is 0 Å². The lowest BCUT2D eigenvalue weighted by atomic mass is 9.90. The van der Waals surface area contributed by atoms with E-state index in [2.05, 4.69) is 146 Å². The van der Waals surface area contributed by atoms with Gasteiger partial charge in [-0.15, -0.1) is 0 Å². The number of quaternary nitrogens is 1. The summed E-state index contributed by atoms with van der Waals surface area (Å²) in [4.78, 5) is 1.31. The molecule has 2 heterocycles. The van der Waals surface area contributed by atoms with E-state index < -0.39 is 0 Å². The Morgan fingerprint density at radius 3 is 2.07 bits per heavy atom. The third-order valence-electron chi connectivity index (χ3n) is 9.27. The average Bonchev–Trinajstić information content (AvgIpc) is 3.64. The van der Waals surface area contributed by atoms with Gasteiger partial charge in [-0.3, -0.25) is 0 Å². The Morgan fingerprint density at radius 1 is 0.477 bits per heavy atom. The van der Waals surface area contributed by atoms with Gasteiger partial charge < -0.3 is 4.42 Å². The highest BCUT2D eigenvalue weighted by atomic mass is 16.3. The Kier molecular flexibility index (Phi) is 5.75. The van der Waals surface area contributed by atoms with Crippen molar-refractivity contribution in [2.24, 2.45) is 0 Å². The number of para-hydroxylation sites is 2. The minimum absolute atomic E-state index is 0.938. The maximum absolute atomic E-state index is 6.13. The molecule has 6 aromatic carbocycles. The first-order valence-electron chi connectivity index (χ1n) is 15.4. The lowest BCUT2D eigenvalue weighted by Gasteiger charge is -2.16. The van der Waals surface area contributed by atoms with Crippen LogP contribution in [0.25, 0.3) is 56.0 Å². The highest BCUT2D eigenvalue weighted by molar-refractivity contribution is 5.96. The highest BCUT2D eigenvalue weighted by Crippen LogP contribution is 2.42. The molecule has 7 aromatic rings. The fourth-order valence-electron chi connectivity index (χ4n) is 7.10.